The molecule has 2 aromatic carbocycles. The van der Waals surface area contributed by atoms with E-state index in [1.165, 1.54) is 19.2 Å². The number of halogens is 1. The number of benzene rings is 2. The van der Waals surface area contributed by atoms with E-state index in [1.807, 2.05) is 0 Å². The lowest BCUT2D eigenvalue weighted by molar-refractivity contribution is -0.133. The van der Waals surface area contributed by atoms with Gasteiger partial charge in [-0.25, -0.2) is 8.42 Å². The summed E-state index contributed by atoms with van der Waals surface area (Å²) in [6.45, 7) is 0.324. The normalized spacial score (nSPS) is 14.8. The summed E-state index contributed by atoms with van der Waals surface area (Å²) >= 11 is 5.95. The number of carbonyl (C=O) groups is 2. The molecule has 0 radical (unpaired) electrons. The third kappa shape index (κ3) is 5.29. The summed E-state index contributed by atoms with van der Waals surface area (Å²) in [5, 5.41) is 0.449. The van der Waals surface area contributed by atoms with Gasteiger partial charge in [0.25, 0.3) is 10.0 Å². The standard InChI is InChI=1S/C21H24ClN3O5S/c1-30-18-6-8-19(9-7-18)31(28,29)25(17-4-2-16(22)3-5-17)14-20(26)24-12-10-15(11-13-24)21(23)27/h2-9,15H,10-14H2,1H3,(H2,23,27). The minimum Gasteiger partial charge on any atom is -0.497 e. The molecule has 2 N–H and O–H groups in total. The molecular formula is C21H24ClN3O5S. The molecule has 0 atom stereocenters. The number of nitrogens with zero attached hydrogens (tertiary/aromatic N) is 2. The first kappa shape index (κ1) is 22.9. The van der Waals surface area contributed by atoms with Gasteiger partial charge < -0.3 is 15.4 Å². The summed E-state index contributed by atoms with van der Waals surface area (Å²) in [4.78, 5) is 25.9. The number of methoxy groups -OCH3 is 1. The number of amides is 2. The molecule has 1 aliphatic rings. The van der Waals surface area contributed by atoms with Crippen molar-refractivity contribution in [3.63, 3.8) is 0 Å². The van der Waals surface area contributed by atoms with Gasteiger partial charge in [-0.1, -0.05) is 11.6 Å². The Labute approximate surface area is 186 Å². The molecular weight excluding hydrogens is 442 g/mol. The second-order valence-corrected chi connectivity index (χ2v) is 9.52. The van der Waals surface area contributed by atoms with Crippen molar-refractivity contribution in [1.82, 2.24) is 4.90 Å². The maximum absolute atomic E-state index is 13.4. The van der Waals surface area contributed by atoms with Crippen molar-refractivity contribution in [3.8, 4) is 5.75 Å². The number of likely N-dealkylation sites (tertiary alicyclic amines) is 1. The van der Waals surface area contributed by atoms with Crippen LogP contribution in [0.1, 0.15) is 12.8 Å². The van der Waals surface area contributed by atoms with Crippen molar-refractivity contribution in [2.45, 2.75) is 17.7 Å². The highest BCUT2D eigenvalue weighted by atomic mass is 35.5. The highest BCUT2D eigenvalue weighted by molar-refractivity contribution is 7.92. The topological polar surface area (TPSA) is 110 Å². The zero-order valence-corrected chi connectivity index (χ0v) is 18.6. The molecule has 1 saturated heterocycles. The number of hydrogen-bond acceptors (Lipinski definition) is 5. The quantitative estimate of drug-likeness (QED) is 0.674. The molecule has 0 spiro atoms. The van der Waals surface area contributed by atoms with Crippen LogP contribution in [0.2, 0.25) is 5.02 Å². The van der Waals surface area contributed by atoms with Crippen LogP contribution in [0.3, 0.4) is 0 Å². The second kappa shape index (κ2) is 9.57. The van der Waals surface area contributed by atoms with E-state index in [-0.39, 0.29) is 29.2 Å². The van der Waals surface area contributed by atoms with Crippen molar-refractivity contribution >= 4 is 39.1 Å². The fourth-order valence-corrected chi connectivity index (χ4v) is 4.97. The van der Waals surface area contributed by atoms with E-state index in [9.17, 15) is 18.0 Å². The predicted molar refractivity (Wildman–Crippen MR) is 117 cm³/mol. The van der Waals surface area contributed by atoms with Crippen LogP contribution in [0.25, 0.3) is 0 Å². The third-order valence-corrected chi connectivity index (χ3v) is 7.33. The van der Waals surface area contributed by atoms with Gasteiger partial charge in [0.1, 0.15) is 12.3 Å². The van der Waals surface area contributed by atoms with Gasteiger partial charge in [0, 0.05) is 24.0 Å². The highest BCUT2D eigenvalue weighted by Gasteiger charge is 2.31. The number of primary amides is 1. The van der Waals surface area contributed by atoms with Gasteiger partial charge in [0.2, 0.25) is 11.8 Å². The largest absolute Gasteiger partial charge is 0.497 e. The van der Waals surface area contributed by atoms with E-state index in [2.05, 4.69) is 0 Å². The molecule has 2 amide bonds. The van der Waals surface area contributed by atoms with Crippen molar-refractivity contribution in [2.75, 3.05) is 31.0 Å². The van der Waals surface area contributed by atoms with Gasteiger partial charge in [0.05, 0.1) is 17.7 Å². The Balaban J connectivity index is 1.87. The number of sulfonamides is 1. The molecule has 0 aromatic heterocycles. The van der Waals surface area contributed by atoms with Crippen molar-refractivity contribution < 1.29 is 22.7 Å². The lowest BCUT2D eigenvalue weighted by Gasteiger charge is -2.33. The summed E-state index contributed by atoms with van der Waals surface area (Å²) in [5.74, 6) is -0.475. The van der Waals surface area contributed by atoms with Crippen molar-refractivity contribution in [2.24, 2.45) is 11.7 Å². The lowest BCUT2D eigenvalue weighted by Crippen LogP contribution is -2.47. The Kier molecular flexibility index (Phi) is 7.07. The average Bonchev–Trinajstić information content (AvgIpc) is 2.78. The van der Waals surface area contributed by atoms with E-state index >= 15 is 0 Å². The monoisotopic (exact) mass is 465 g/mol. The smallest absolute Gasteiger partial charge is 0.264 e. The number of hydrogen-bond donors (Lipinski definition) is 1. The number of rotatable bonds is 7. The number of piperidine rings is 1. The maximum atomic E-state index is 13.4. The van der Waals surface area contributed by atoms with Gasteiger partial charge in [0.15, 0.2) is 0 Å². The van der Waals surface area contributed by atoms with Crippen LogP contribution in [0.4, 0.5) is 5.69 Å². The third-order valence-electron chi connectivity index (χ3n) is 5.29. The van der Waals surface area contributed by atoms with E-state index in [0.29, 0.717) is 42.4 Å². The van der Waals surface area contributed by atoms with Crippen LogP contribution in [0, 0.1) is 5.92 Å². The Bertz CT molecular complexity index is 1030. The number of carbonyl (C=O) groups excluding carboxylic acids is 2. The van der Waals surface area contributed by atoms with Gasteiger partial charge in [-0.05, 0) is 61.4 Å². The fourth-order valence-electron chi connectivity index (χ4n) is 3.43. The number of nitrogens with two attached hydrogens (primary N) is 1. The maximum Gasteiger partial charge on any atom is 0.264 e. The highest BCUT2D eigenvalue weighted by Crippen LogP contribution is 2.27. The lowest BCUT2D eigenvalue weighted by atomic mass is 9.96. The van der Waals surface area contributed by atoms with Crippen LogP contribution >= 0.6 is 11.6 Å². The first-order chi connectivity index (χ1) is 14.7. The van der Waals surface area contributed by atoms with E-state index in [1.54, 1.807) is 41.3 Å². The van der Waals surface area contributed by atoms with Crippen LogP contribution in [-0.4, -0.2) is 51.9 Å². The first-order valence-corrected chi connectivity index (χ1v) is 11.5. The first-order valence-electron chi connectivity index (χ1n) is 9.72. The van der Waals surface area contributed by atoms with E-state index in [0.717, 1.165) is 4.31 Å². The summed E-state index contributed by atoms with van der Waals surface area (Å²) in [6, 6.07) is 12.2. The van der Waals surface area contributed by atoms with Crippen molar-refractivity contribution in [3.05, 3.63) is 53.6 Å². The molecule has 2 aromatic rings. The number of ether oxygens (including phenoxy) is 1. The van der Waals surface area contributed by atoms with E-state index in [4.69, 9.17) is 22.1 Å². The Morgan fingerprint density at radius 2 is 1.68 bits per heavy atom. The molecule has 10 heteroatoms. The summed E-state index contributed by atoms with van der Waals surface area (Å²) in [5.41, 5.74) is 5.67. The average molecular weight is 466 g/mol. The van der Waals surface area contributed by atoms with Gasteiger partial charge in [-0.15, -0.1) is 0 Å². The molecule has 1 heterocycles. The predicted octanol–water partition coefficient (Wildman–Crippen LogP) is 2.27. The number of anilines is 1. The zero-order valence-electron chi connectivity index (χ0n) is 17.0. The molecule has 8 nitrogen and oxygen atoms in total. The van der Waals surface area contributed by atoms with Crippen LogP contribution in [-0.2, 0) is 19.6 Å². The van der Waals surface area contributed by atoms with Gasteiger partial charge in [-0.2, -0.15) is 0 Å². The molecule has 0 bridgehead atoms. The molecule has 31 heavy (non-hydrogen) atoms. The van der Waals surface area contributed by atoms with Crippen LogP contribution in [0.15, 0.2) is 53.4 Å². The Morgan fingerprint density at radius 1 is 1.10 bits per heavy atom. The van der Waals surface area contributed by atoms with Crippen LogP contribution < -0.4 is 14.8 Å². The van der Waals surface area contributed by atoms with Crippen LogP contribution in [0.5, 0.6) is 5.75 Å². The Hall–Kier alpha value is -2.78. The summed E-state index contributed by atoms with van der Waals surface area (Å²) in [7, 11) is -2.55. The minimum absolute atomic E-state index is 0.0310. The second-order valence-electron chi connectivity index (χ2n) is 7.22. The summed E-state index contributed by atoms with van der Waals surface area (Å²) in [6.07, 6.45) is 0.931. The fraction of sp³-hybridized carbons (Fsp3) is 0.333. The molecule has 1 aliphatic heterocycles. The van der Waals surface area contributed by atoms with Crippen molar-refractivity contribution in [1.29, 1.82) is 0 Å². The molecule has 0 saturated carbocycles. The van der Waals surface area contributed by atoms with E-state index < -0.39 is 10.0 Å². The molecule has 3 rings (SSSR count). The summed E-state index contributed by atoms with van der Waals surface area (Å²) < 4.78 is 33.0. The molecule has 0 unspecified atom stereocenters. The molecule has 0 aliphatic carbocycles. The molecule has 166 valence electrons. The minimum atomic E-state index is -4.04. The van der Waals surface area contributed by atoms with Gasteiger partial charge in [-0.3, -0.25) is 13.9 Å². The Morgan fingerprint density at radius 3 is 2.19 bits per heavy atom. The molecule has 1 fully saturated rings. The zero-order chi connectivity index (χ0) is 22.6. The SMILES string of the molecule is COc1ccc(S(=O)(=O)N(CC(=O)N2CCC(C(N)=O)CC2)c2ccc(Cl)cc2)cc1. The van der Waals surface area contributed by atoms with Gasteiger partial charge >= 0.3 is 0 Å².